The number of nitro groups is 1. The van der Waals surface area contributed by atoms with Gasteiger partial charge in [-0.3, -0.25) is 25.0 Å². The number of hydrogen-bond donors (Lipinski definition) is 2. The van der Waals surface area contributed by atoms with Crippen LogP contribution in [0.1, 0.15) is 5.56 Å². The largest absolute Gasteiger partial charge is 0.325 e. The lowest BCUT2D eigenvalue weighted by molar-refractivity contribution is -0.387. The van der Waals surface area contributed by atoms with E-state index in [1.165, 1.54) is 12.1 Å². The minimum atomic E-state index is -0.987. The molecule has 0 atom stereocenters. The van der Waals surface area contributed by atoms with E-state index in [-0.39, 0.29) is 22.5 Å². The topological polar surface area (TPSA) is 127 Å². The van der Waals surface area contributed by atoms with Crippen LogP contribution in [0.3, 0.4) is 0 Å². The van der Waals surface area contributed by atoms with E-state index in [1.807, 2.05) is 30.3 Å². The number of carbonyl (C=O) groups excluding carboxylic acids is 2. The fourth-order valence-electron chi connectivity index (χ4n) is 2.26. The molecule has 0 aliphatic rings. The zero-order valence-corrected chi connectivity index (χ0v) is 17.3. The van der Waals surface area contributed by atoms with Crippen LogP contribution in [-0.2, 0) is 9.59 Å². The highest BCUT2D eigenvalue weighted by Crippen LogP contribution is 2.26. The Hall–Kier alpha value is -3.64. The normalized spacial score (nSPS) is 10.7. The maximum absolute atomic E-state index is 13.3. The smallest absolute Gasteiger partial charge is 0.306 e. The molecule has 1 heterocycles. The summed E-state index contributed by atoms with van der Waals surface area (Å²) in [6.07, 6.45) is 3.04. The van der Waals surface area contributed by atoms with Crippen LogP contribution in [0.4, 0.5) is 20.9 Å². The number of benzene rings is 2. The monoisotopic (exact) mass is 459 g/mol. The Labute approximate surface area is 183 Å². The van der Waals surface area contributed by atoms with Gasteiger partial charge in [0.05, 0.1) is 10.7 Å². The molecule has 2 amide bonds. The summed E-state index contributed by atoms with van der Waals surface area (Å²) in [4.78, 5) is 33.9. The molecule has 0 saturated carbocycles. The molecule has 3 aromatic rings. The summed E-state index contributed by atoms with van der Waals surface area (Å²) < 4.78 is 13.8. The molecule has 1 aromatic heterocycles. The van der Waals surface area contributed by atoms with Crippen LogP contribution in [0, 0.1) is 15.9 Å². The fourth-order valence-corrected chi connectivity index (χ4v) is 3.81. The summed E-state index contributed by atoms with van der Waals surface area (Å²) in [5.41, 5.74) is 0.258. The van der Waals surface area contributed by atoms with Gasteiger partial charge in [-0.25, -0.2) is 0 Å². The number of amides is 2. The van der Waals surface area contributed by atoms with Gasteiger partial charge < -0.3 is 5.32 Å². The number of nitro benzene ring substituents is 1. The molecule has 0 unspecified atom stereocenters. The van der Waals surface area contributed by atoms with E-state index < -0.39 is 22.3 Å². The van der Waals surface area contributed by atoms with Gasteiger partial charge >= 0.3 is 5.69 Å². The maximum atomic E-state index is 13.3. The van der Waals surface area contributed by atoms with Gasteiger partial charge in [-0.2, -0.15) is 4.39 Å². The van der Waals surface area contributed by atoms with E-state index in [2.05, 4.69) is 20.8 Å². The number of aromatic nitrogens is 2. The average molecular weight is 459 g/mol. The number of hydrogen-bond acceptors (Lipinski definition) is 8. The van der Waals surface area contributed by atoms with Crippen molar-refractivity contribution in [3.8, 4) is 0 Å². The highest BCUT2D eigenvalue weighted by atomic mass is 32.2. The Morgan fingerprint density at radius 3 is 2.68 bits per heavy atom. The zero-order chi connectivity index (χ0) is 22.2. The van der Waals surface area contributed by atoms with Crippen molar-refractivity contribution in [3.05, 3.63) is 76.1 Å². The molecule has 0 fully saturated rings. The number of thioether (sulfide) groups is 1. The van der Waals surface area contributed by atoms with Crippen LogP contribution in [-0.4, -0.2) is 32.7 Å². The molecule has 12 heteroatoms. The van der Waals surface area contributed by atoms with Crippen LogP contribution in [0.2, 0.25) is 0 Å². The molecule has 2 N–H and O–H groups in total. The Kier molecular flexibility index (Phi) is 7.40. The lowest BCUT2D eigenvalue weighted by atomic mass is 10.2. The minimum absolute atomic E-state index is 0.0539. The van der Waals surface area contributed by atoms with E-state index >= 15 is 0 Å². The van der Waals surface area contributed by atoms with Gasteiger partial charge in [0, 0.05) is 17.8 Å². The van der Waals surface area contributed by atoms with Gasteiger partial charge in [0.1, 0.15) is 0 Å². The summed E-state index contributed by atoms with van der Waals surface area (Å²) in [7, 11) is 0. The predicted molar refractivity (Wildman–Crippen MR) is 116 cm³/mol. The average Bonchev–Trinajstić information content (AvgIpc) is 3.20. The molecule has 0 saturated heterocycles. The first kappa shape index (κ1) is 22.1. The van der Waals surface area contributed by atoms with Crippen molar-refractivity contribution in [1.82, 2.24) is 10.2 Å². The van der Waals surface area contributed by atoms with Crippen molar-refractivity contribution in [2.45, 2.75) is 4.34 Å². The van der Waals surface area contributed by atoms with Crippen LogP contribution in [0.25, 0.3) is 6.08 Å². The maximum Gasteiger partial charge on any atom is 0.306 e. The number of halogens is 1. The molecule has 0 aliphatic heterocycles. The number of anilines is 2. The highest BCUT2D eigenvalue weighted by molar-refractivity contribution is 8.01. The second-order valence-corrected chi connectivity index (χ2v) is 8.07. The third-order valence-corrected chi connectivity index (χ3v) is 5.59. The van der Waals surface area contributed by atoms with Gasteiger partial charge in [0.15, 0.2) is 4.34 Å². The summed E-state index contributed by atoms with van der Waals surface area (Å²) in [5, 5.41) is 23.8. The van der Waals surface area contributed by atoms with E-state index in [1.54, 1.807) is 6.08 Å². The van der Waals surface area contributed by atoms with E-state index in [9.17, 15) is 24.1 Å². The summed E-state index contributed by atoms with van der Waals surface area (Å²) in [6.45, 7) is 0. The molecule has 3 rings (SSSR count). The number of nitrogens with zero attached hydrogens (tertiary/aromatic N) is 3. The first-order valence-electron chi connectivity index (χ1n) is 8.65. The second kappa shape index (κ2) is 10.4. The third kappa shape index (κ3) is 6.69. The molecular formula is C19H14FN5O4S2. The zero-order valence-electron chi connectivity index (χ0n) is 15.6. The minimum Gasteiger partial charge on any atom is -0.325 e. The molecule has 2 aromatic carbocycles. The molecule has 9 nitrogen and oxygen atoms in total. The van der Waals surface area contributed by atoms with Crippen molar-refractivity contribution in [1.29, 1.82) is 0 Å². The van der Waals surface area contributed by atoms with Crippen molar-refractivity contribution in [2.24, 2.45) is 0 Å². The lowest BCUT2D eigenvalue weighted by Crippen LogP contribution is -2.14. The molecule has 0 bridgehead atoms. The van der Waals surface area contributed by atoms with E-state index in [4.69, 9.17) is 0 Å². The van der Waals surface area contributed by atoms with Crippen LogP contribution < -0.4 is 10.6 Å². The summed E-state index contributed by atoms with van der Waals surface area (Å²) >= 11 is 2.17. The van der Waals surface area contributed by atoms with Crippen LogP contribution in [0.15, 0.2) is 58.9 Å². The van der Waals surface area contributed by atoms with Crippen LogP contribution in [0.5, 0.6) is 0 Å². The number of carbonyl (C=O) groups is 2. The van der Waals surface area contributed by atoms with Gasteiger partial charge in [-0.1, -0.05) is 53.4 Å². The quantitative estimate of drug-likeness (QED) is 0.172. The molecule has 0 spiro atoms. The Bertz CT molecular complexity index is 1140. The van der Waals surface area contributed by atoms with E-state index in [0.29, 0.717) is 4.34 Å². The Balaban J connectivity index is 1.49. The summed E-state index contributed by atoms with van der Waals surface area (Å²) in [5.74, 6) is -1.87. The van der Waals surface area contributed by atoms with Gasteiger partial charge in [0.2, 0.25) is 22.8 Å². The number of nitrogens with one attached hydrogen (secondary N) is 2. The second-order valence-electron chi connectivity index (χ2n) is 5.87. The van der Waals surface area contributed by atoms with Crippen LogP contribution >= 0.6 is 23.1 Å². The van der Waals surface area contributed by atoms with Gasteiger partial charge in [0.25, 0.3) is 0 Å². The van der Waals surface area contributed by atoms with Gasteiger partial charge in [-0.15, -0.1) is 10.2 Å². The predicted octanol–water partition coefficient (Wildman–Crippen LogP) is 3.97. The van der Waals surface area contributed by atoms with Crippen molar-refractivity contribution in [2.75, 3.05) is 16.4 Å². The lowest BCUT2D eigenvalue weighted by Gasteiger charge is -2.04. The Morgan fingerprint density at radius 2 is 1.94 bits per heavy atom. The van der Waals surface area contributed by atoms with Gasteiger partial charge in [-0.05, 0) is 23.8 Å². The summed E-state index contributed by atoms with van der Waals surface area (Å²) in [6, 6.07) is 12.4. The van der Waals surface area contributed by atoms with Crippen molar-refractivity contribution in [3.63, 3.8) is 0 Å². The van der Waals surface area contributed by atoms with E-state index in [0.717, 1.165) is 40.8 Å². The molecule has 158 valence electrons. The fraction of sp³-hybridized carbons (Fsp3) is 0.0526. The van der Waals surface area contributed by atoms with Crippen molar-refractivity contribution >= 4 is 57.5 Å². The number of rotatable bonds is 8. The SMILES string of the molecule is O=C(C=Cc1ccccc1)Nc1nnc(SCC(=O)Nc2ccc(F)c([N+](=O)[O-])c2)s1. The molecular weight excluding hydrogens is 445 g/mol. The molecule has 0 radical (unpaired) electrons. The molecule has 0 aliphatic carbocycles. The molecule has 31 heavy (non-hydrogen) atoms. The Morgan fingerprint density at radius 1 is 1.16 bits per heavy atom. The standard InChI is InChI=1S/C19H14FN5O4S2/c20-14-8-7-13(10-15(14)25(28)29)21-17(27)11-30-19-24-23-18(31-19)22-16(26)9-6-12-4-2-1-3-5-12/h1-10H,11H2,(H,21,27)(H,22,23,26). The first-order chi connectivity index (χ1) is 14.9. The first-order valence-corrected chi connectivity index (χ1v) is 10.4. The third-order valence-electron chi connectivity index (χ3n) is 3.62. The van der Waals surface area contributed by atoms with Crippen molar-refractivity contribution < 1.29 is 18.9 Å². The highest BCUT2D eigenvalue weighted by Gasteiger charge is 2.16.